The molecule has 0 amide bonds. The molecule has 1 saturated heterocycles. The van der Waals surface area contributed by atoms with Crippen molar-refractivity contribution in [1.29, 1.82) is 0 Å². The van der Waals surface area contributed by atoms with Crippen molar-refractivity contribution in [3.63, 3.8) is 0 Å². The fraction of sp³-hybridized carbons (Fsp3) is 0.324. The Labute approximate surface area is 243 Å². The fourth-order valence-corrected chi connectivity index (χ4v) is 7.48. The number of esters is 3. The predicted octanol–water partition coefficient (Wildman–Crippen LogP) is 5.48. The van der Waals surface area contributed by atoms with Gasteiger partial charge in [0.25, 0.3) is 0 Å². The van der Waals surface area contributed by atoms with Crippen molar-refractivity contribution >= 4 is 39.5 Å². The van der Waals surface area contributed by atoms with Crippen LogP contribution in [0.15, 0.2) is 84.9 Å². The smallest absolute Gasteiger partial charge is 0.328 e. The van der Waals surface area contributed by atoms with Gasteiger partial charge in [-0.1, -0.05) is 78.9 Å². The maximum Gasteiger partial charge on any atom is 0.328 e. The molecule has 0 radical (unpaired) electrons. The summed E-state index contributed by atoms with van der Waals surface area (Å²) in [6.45, 7) is 0. The molecule has 1 aliphatic heterocycles. The first-order valence-corrected chi connectivity index (χ1v) is 13.8. The summed E-state index contributed by atoms with van der Waals surface area (Å²) >= 11 is 0. The van der Waals surface area contributed by atoms with Crippen LogP contribution in [-0.2, 0) is 38.1 Å². The highest BCUT2D eigenvalue weighted by Crippen LogP contribution is 2.73. The Hall–Kier alpha value is -4.27. The van der Waals surface area contributed by atoms with Gasteiger partial charge in [-0.2, -0.15) is 0 Å². The number of carbonyl (C=O) groups excluding carboxylic acids is 3. The maximum absolute atomic E-state index is 14.2. The molecule has 8 nitrogen and oxygen atoms in total. The minimum absolute atomic E-state index is 0.0824. The van der Waals surface area contributed by atoms with E-state index in [1.807, 2.05) is 84.9 Å². The Morgan fingerprint density at radius 1 is 0.643 bits per heavy atom. The lowest BCUT2D eigenvalue weighted by molar-refractivity contribution is -0.294. The van der Waals surface area contributed by atoms with Gasteiger partial charge in [-0.3, -0.25) is 14.4 Å². The lowest BCUT2D eigenvalue weighted by Gasteiger charge is -2.43. The molecule has 0 unspecified atom stereocenters. The normalized spacial score (nSPS) is 26.1. The number of fused-ring (bicyclic) bond motifs is 3. The largest absolute Gasteiger partial charge is 0.468 e. The zero-order chi connectivity index (χ0) is 29.7. The van der Waals surface area contributed by atoms with Crippen LogP contribution in [0.3, 0.4) is 0 Å². The van der Waals surface area contributed by atoms with Gasteiger partial charge in [0.1, 0.15) is 5.41 Å². The summed E-state index contributed by atoms with van der Waals surface area (Å²) < 4.78 is 28.9. The van der Waals surface area contributed by atoms with E-state index in [2.05, 4.69) is 0 Å². The summed E-state index contributed by atoms with van der Waals surface area (Å²) in [4.78, 5) is 42.0. The van der Waals surface area contributed by atoms with Gasteiger partial charge in [0.15, 0.2) is 0 Å². The number of rotatable bonds is 6. The molecule has 216 valence electrons. The summed E-state index contributed by atoms with van der Waals surface area (Å²) in [5, 5.41) is 3.97. The van der Waals surface area contributed by atoms with Crippen molar-refractivity contribution in [1.82, 2.24) is 0 Å². The molecule has 8 heteroatoms. The molecule has 1 saturated carbocycles. The van der Waals surface area contributed by atoms with Crippen molar-refractivity contribution in [3.05, 3.63) is 96.1 Å². The van der Waals surface area contributed by atoms with Gasteiger partial charge >= 0.3 is 17.9 Å². The van der Waals surface area contributed by atoms with Crippen LogP contribution < -0.4 is 0 Å². The Morgan fingerprint density at radius 3 is 1.67 bits per heavy atom. The number of carbonyl (C=O) groups is 3. The van der Waals surface area contributed by atoms with E-state index in [9.17, 15) is 14.4 Å². The molecular formula is C34H32O8. The summed E-state index contributed by atoms with van der Waals surface area (Å²) in [5.41, 5.74) is -2.26. The molecule has 2 fully saturated rings. The average molecular weight is 569 g/mol. The molecule has 42 heavy (non-hydrogen) atoms. The lowest BCUT2D eigenvalue weighted by Crippen LogP contribution is -2.63. The van der Waals surface area contributed by atoms with Gasteiger partial charge in [0.05, 0.1) is 27.4 Å². The fourth-order valence-electron chi connectivity index (χ4n) is 7.48. The molecule has 0 bridgehead atoms. The second-order valence-corrected chi connectivity index (χ2v) is 11.0. The Bertz CT molecular complexity index is 1700. The minimum atomic E-state index is -2.14. The standard InChI is InChI=1S/C34H32O8/c1-38-29(35)32-20-28(26-16-14-22-10-6-8-12-24(22)18-26)42-34(32,41-4)33(30(36)39-2,31(37)40-3)19-27(32)25-15-13-21-9-5-7-11-23(21)17-25/h5-18,27-28H,19-20H2,1-4H3/t27-,28-,32+,34+/m0/s1. The zero-order valence-electron chi connectivity index (χ0n) is 23.9. The number of methoxy groups -OCH3 is 4. The van der Waals surface area contributed by atoms with Crippen LogP contribution >= 0.6 is 0 Å². The van der Waals surface area contributed by atoms with E-state index in [0.717, 1.165) is 32.7 Å². The highest BCUT2D eigenvalue weighted by molar-refractivity contribution is 6.04. The quantitative estimate of drug-likeness (QED) is 0.172. The van der Waals surface area contributed by atoms with Gasteiger partial charge in [-0.25, -0.2) is 0 Å². The summed E-state index contributed by atoms with van der Waals surface area (Å²) in [6, 6.07) is 27.4. The van der Waals surface area contributed by atoms with Gasteiger partial charge in [-0.15, -0.1) is 0 Å². The molecule has 0 spiro atoms. The van der Waals surface area contributed by atoms with Crippen LogP contribution in [0.25, 0.3) is 21.5 Å². The van der Waals surface area contributed by atoms with E-state index in [1.54, 1.807) is 0 Å². The molecular weight excluding hydrogens is 536 g/mol. The topological polar surface area (TPSA) is 97.4 Å². The summed E-state index contributed by atoms with van der Waals surface area (Å²) in [5.74, 6) is -5.32. The Kier molecular flexibility index (Phi) is 6.78. The van der Waals surface area contributed by atoms with E-state index in [1.165, 1.54) is 28.4 Å². The first kappa shape index (κ1) is 27.9. The van der Waals surface area contributed by atoms with Crippen LogP contribution in [-0.4, -0.2) is 52.1 Å². The third-order valence-electron chi connectivity index (χ3n) is 9.30. The van der Waals surface area contributed by atoms with Crippen molar-refractivity contribution in [2.45, 2.75) is 30.7 Å². The predicted molar refractivity (Wildman–Crippen MR) is 154 cm³/mol. The van der Waals surface area contributed by atoms with Gasteiger partial charge in [-0.05, 0) is 51.6 Å². The van der Waals surface area contributed by atoms with Crippen LogP contribution in [0, 0.1) is 10.8 Å². The third kappa shape index (κ3) is 3.58. The van der Waals surface area contributed by atoms with Crippen molar-refractivity contribution < 1.29 is 38.1 Å². The van der Waals surface area contributed by atoms with Crippen molar-refractivity contribution in [2.24, 2.45) is 10.8 Å². The van der Waals surface area contributed by atoms with E-state index < -0.39 is 46.5 Å². The molecule has 1 heterocycles. The average Bonchev–Trinajstić information content (AvgIpc) is 3.52. The van der Waals surface area contributed by atoms with Gasteiger partial charge < -0.3 is 23.7 Å². The third-order valence-corrected chi connectivity index (χ3v) is 9.30. The molecule has 4 atom stereocenters. The number of ether oxygens (including phenoxy) is 5. The second kappa shape index (κ2) is 10.2. The SMILES string of the molecule is COC(=O)C1(C(=O)OC)C[C@@H](c2ccc3ccccc3c2)[C@@]2(C(=O)OC)C[C@@H](c3ccc4ccccc4c3)O[C@@]12OC. The first-order valence-electron chi connectivity index (χ1n) is 13.8. The van der Waals surface area contributed by atoms with Crippen LogP contribution in [0.2, 0.25) is 0 Å². The first-order chi connectivity index (χ1) is 20.3. The molecule has 0 aromatic heterocycles. The number of benzene rings is 4. The van der Waals surface area contributed by atoms with E-state index in [-0.39, 0.29) is 12.8 Å². The molecule has 1 aliphatic carbocycles. The highest BCUT2D eigenvalue weighted by atomic mass is 16.7. The second-order valence-electron chi connectivity index (χ2n) is 11.0. The van der Waals surface area contributed by atoms with Crippen LogP contribution in [0.4, 0.5) is 0 Å². The maximum atomic E-state index is 14.2. The van der Waals surface area contributed by atoms with Gasteiger partial charge in [0.2, 0.25) is 11.2 Å². The molecule has 6 rings (SSSR count). The zero-order valence-corrected chi connectivity index (χ0v) is 23.9. The van der Waals surface area contributed by atoms with Crippen LogP contribution in [0.1, 0.15) is 36.0 Å². The lowest BCUT2D eigenvalue weighted by atomic mass is 9.67. The molecule has 4 aromatic carbocycles. The minimum Gasteiger partial charge on any atom is -0.468 e. The van der Waals surface area contributed by atoms with E-state index >= 15 is 0 Å². The van der Waals surface area contributed by atoms with Crippen LogP contribution in [0.5, 0.6) is 0 Å². The van der Waals surface area contributed by atoms with E-state index in [0.29, 0.717) is 0 Å². The van der Waals surface area contributed by atoms with Crippen molar-refractivity contribution in [2.75, 3.05) is 28.4 Å². The number of hydrogen-bond acceptors (Lipinski definition) is 8. The van der Waals surface area contributed by atoms with Gasteiger partial charge in [0, 0.05) is 13.0 Å². The Morgan fingerprint density at radius 2 is 1.14 bits per heavy atom. The molecule has 2 aliphatic rings. The number of hydrogen-bond donors (Lipinski definition) is 0. The molecule has 0 N–H and O–H groups in total. The monoisotopic (exact) mass is 568 g/mol. The van der Waals surface area contributed by atoms with E-state index in [4.69, 9.17) is 23.7 Å². The Balaban J connectivity index is 1.64. The highest BCUT2D eigenvalue weighted by Gasteiger charge is 2.87. The summed E-state index contributed by atoms with van der Waals surface area (Å²) in [7, 11) is 5.00. The molecule has 4 aromatic rings. The van der Waals surface area contributed by atoms with Crippen molar-refractivity contribution in [3.8, 4) is 0 Å². The summed E-state index contributed by atoms with van der Waals surface area (Å²) in [6.07, 6.45) is -0.803.